The molecule has 1 atom stereocenters. The van der Waals surface area contributed by atoms with E-state index in [0.29, 0.717) is 0 Å². The highest BCUT2D eigenvalue weighted by Crippen LogP contribution is 2.17. The predicted octanol–water partition coefficient (Wildman–Crippen LogP) is 1.09. The Balaban J connectivity index is 0.00000225. The van der Waals surface area contributed by atoms with Crippen molar-refractivity contribution in [2.45, 2.75) is 10.9 Å². The first-order valence-corrected chi connectivity index (χ1v) is 5.70. The number of benzene rings is 1. The van der Waals surface area contributed by atoms with Gasteiger partial charge in [-0.3, -0.25) is 4.79 Å². The molecule has 1 aromatic carbocycles. The molecule has 0 fully saturated rings. The second-order valence-electron chi connectivity index (χ2n) is 3.01. The van der Waals surface area contributed by atoms with Crippen LogP contribution in [0.3, 0.4) is 0 Å². The van der Waals surface area contributed by atoms with E-state index in [4.69, 9.17) is 10.8 Å². The Morgan fingerprint density at radius 3 is 2.44 bits per heavy atom. The Kier molecular flexibility index (Phi) is 6.96. The van der Waals surface area contributed by atoms with Crippen molar-refractivity contribution in [1.29, 1.82) is 0 Å². The number of halogens is 1. The topological polar surface area (TPSA) is 75.3 Å². The van der Waals surface area contributed by atoms with Gasteiger partial charge in [0.2, 0.25) is 5.91 Å². The quantitative estimate of drug-likeness (QED) is 0.695. The van der Waals surface area contributed by atoms with Crippen LogP contribution in [0.1, 0.15) is 0 Å². The normalized spacial score (nSPS) is 11.4. The first-order valence-electron chi connectivity index (χ1n) is 4.48. The molecule has 1 unspecified atom stereocenters. The number of carbonyl (C=O) groups is 1. The minimum Gasteiger partial charge on any atom is -0.394 e. The van der Waals surface area contributed by atoms with Crippen molar-refractivity contribution in [2.24, 2.45) is 5.73 Å². The van der Waals surface area contributed by atoms with Crippen LogP contribution >= 0.6 is 24.2 Å². The average Bonchev–Trinajstić information content (AvgIpc) is 2.26. The standard InChI is InChI=1S/C10H14N2O2S.ClH/c1-15-8-4-2-7(3-5-8)12-9(6-13)10(11)14;/h2-5,9,12-13H,6H2,1H3,(H2,11,14);1H. The maximum absolute atomic E-state index is 10.9. The monoisotopic (exact) mass is 262 g/mol. The molecule has 0 saturated heterocycles. The Morgan fingerprint density at radius 1 is 1.50 bits per heavy atom. The van der Waals surface area contributed by atoms with Gasteiger partial charge in [-0.15, -0.1) is 24.2 Å². The zero-order valence-corrected chi connectivity index (χ0v) is 10.5. The molecule has 0 aliphatic heterocycles. The lowest BCUT2D eigenvalue weighted by atomic mass is 10.2. The van der Waals surface area contributed by atoms with Crippen molar-refractivity contribution in [3.05, 3.63) is 24.3 Å². The van der Waals surface area contributed by atoms with Gasteiger partial charge >= 0.3 is 0 Å². The number of amides is 1. The number of nitrogens with two attached hydrogens (primary N) is 1. The van der Waals surface area contributed by atoms with Crippen LogP contribution in [0.4, 0.5) is 5.69 Å². The summed E-state index contributed by atoms with van der Waals surface area (Å²) in [6.45, 7) is -0.306. The number of anilines is 1. The van der Waals surface area contributed by atoms with E-state index in [2.05, 4.69) is 5.32 Å². The molecule has 0 aromatic heterocycles. The van der Waals surface area contributed by atoms with E-state index >= 15 is 0 Å². The van der Waals surface area contributed by atoms with Crippen LogP contribution in [0.5, 0.6) is 0 Å². The van der Waals surface area contributed by atoms with E-state index in [0.717, 1.165) is 10.6 Å². The molecular weight excluding hydrogens is 248 g/mol. The molecular formula is C10H15ClN2O2S. The third-order valence-electron chi connectivity index (χ3n) is 1.96. The molecule has 1 rings (SSSR count). The number of primary amides is 1. The first kappa shape index (κ1) is 15.1. The van der Waals surface area contributed by atoms with Crippen molar-refractivity contribution >= 4 is 35.8 Å². The van der Waals surface area contributed by atoms with Gasteiger partial charge < -0.3 is 16.2 Å². The number of thioether (sulfide) groups is 1. The van der Waals surface area contributed by atoms with Gasteiger partial charge in [0.25, 0.3) is 0 Å². The summed E-state index contributed by atoms with van der Waals surface area (Å²) in [5.41, 5.74) is 5.85. The summed E-state index contributed by atoms with van der Waals surface area (Å²) in [6.07, 6.45) is 1.99. The number of rotatable bonds is 5. The predicted molar refractivity (Wildman–Crippen MR) is 69.2 cm³/mol. The summed E-state index contributed by atoms with van der Waals surface area (Å²) in [6, 6.07) is 6.82. The van der Waals surface area contributed by atoms with E-state index in [1.165, 1.54) is 0 Å². The summed E-state index contributed by atoms with van der Waals surface area (Å²) < 4.78 is 0. The molecule has 90 valence electrons. The first-order chi connectivity index (χ1) is 7.17. The third kappa shape index (κ3) is 4.30. The molecule has 16 heavy (non-hydrogen) atoms. The second kappa shape index (κ2) is 7.38. The van der Waals surface area contributed by atoms with E-state index in [1.54, 1.807) is 11.8 Å². The zero-order valence-electron chi connectivity index (χ0n) is 8.84. The molecule has 0 radical (unpaired) electrons. The number of hydrogen-bond acceptors (Lipinski definition) is 4. The van der Waals surface area contributed by atoms with Gasteiger partial charge in [-0.25, -0.2) is 0 Å². The summed E-state index contributed by atoms with van der Waals surface area (Å²) >= 11 is 1.64. The molecule has 0 heterocycles. The van der Waals surface area contributed by atoms with Crippen molar-refractivity contribution in [2.75, 3.05) is 18.2 Å². The summed E-state index contributed by atoms with van der Waals surface area (Å²) in [5, 5.41) is 11.7. The summed E-state index contributed by atoms with van der Waals surface area (Å²) in [7, 11) is 0. The molecule has 0 aliphatic carbocycles. The van der Waals surface area contributed by atoms with Crippen LogP contribution in [-0.4, -0.2) is 29.9 Å². The minimum atomic E-state index is -0.731. The molecule has 4 N–H and O–H groups in total. The van der Waals surface area contributed by atoms with Crippen LogP contribution in [0.25, 0.3) is 0 Å². The lowest BCUT2D eigenvalue weighted by Crippen LogP contribution is -2.38. The number of aliphatic hydroxyl groups excluding tert-OH is 1. The van der Waals surface area contributed by atoms with E-state index in [9.17, 15) is 4.79 Å². The maximum Gasteiger partial charge on any atom is 0.242 e. The molecule has 0 saturated carbocycles. The highest BCUT2D eigenvalue weighted by Gasteiger charge is 2.12. The van der Waals surface area contributed by atoms with E-state index < -0.39 is 11.9 Å². The molecule has 0 spiro atoms. The Morgan fingerprint density at radius 2 is 2.06 bits per heavy atom. The molecule has 0 bridgehead atoms. The van der Waals surface area contributed by atoms with Crippen molar-refractivity contribution in [3.8, 4) is 0 Å². The van der Waals surface area contributed by atoms with Crippen LogP contribution in [0, 0.1) is 0 Å². The Bertz CT molecular complexity index is 332. The number of carbonyl (C=O) groups excluding carboxylic acids is 1. The second-order valence-corrected chi connectivity index (χ2v) is 3.89. The highest BCUT2D eigenvalue weighted by atomic mass is 35.5. The molecule has 1 amide bonds. The number of aliphatic hydroxyl groups is 1. The average molecular weight is 263 g/mol. The minimum absolute atomic E-state index is 0. The van der Waals surface area contributed by atoms with Gasteiger partial charge in [-0.1, -0.05) is 0 Å². The van der Waals surface area contributed by atoms with Gasteiger partial charge in [-0.05, 0) is 30.5 Å². The molecule has 6 heteroatoms. The zero-order chi connectivity index (χ0) is 11.3. The molecule has 4 nitrogen and oxygen atoms in total. The fourth-order valence-corrected chi connectivity index (χ4v) is 1.50. The number of nitrogens with one attached hydrogen (secondary N) is 1. The van der Waals surface area contributed by atoms with Gasteiger partial charge in [-0.2, -0.15) is 0 Å². The largest absolute Gasteiger partial charge is 0.394 e. The van der Waals surface area contributed by atoms with Crippen molar-refractivity contribution < 1.29 is 9.90 Å². The van der Waals surface area contributed by atoms with Gasteiger partial charge in [0.1, 0.15) is 6.04 Å². The summed E-state index contributed by atoms with van der Waals surface area (Å²) in [4.78, 5) is 12.0. The smallest absolute Gasteiger partial charge is 0.242 e. The summed E-state index contributed by atoms with van der Waals surface area (Å²) in [5.74, 6) is -0.563. The Labute approximate surface area is 105 Å². The molecule has 0 aliphatic rings. The fourth-order valence-electron chi connectivity index (χ4n) is 1.10. The highest BCUT2D eigenvalue weighted by molar-refractivity contribution is 7.98. The molecule has 1 aromatic rings. The number of hydrogen-bond donors (Lipinski definition) is 3. The fraction of sp³-hybridized carbons (Fsp3) is 0.300. The van der Waals surface area contributed by atoms with Crippen LogP contribution in [-0.2, 0) is 4.79 Å². The maximum atomic E-state index is 10.9. The van der Waals surface area contributed by atoms with Crippen LogP contribution in [0.2, 0.25) is 0 Å². The Hall–Kier alpha value is -0.910. The van der Waals surface area contributed by atoms with Crippen molar-refractivity contribution in [3.63, 3.8) is 0 Å². The van der Waals surface area contributed by atoms with E-state index in [1.807, 2.05) is 30.5 Å². The van der Waals surface area contributed by atoms with Gasteiger partial charge in [0.15, 0.2) is 0 Å². The van der Waals surface area contributed by atoms with Crippen molar-refractivity contribution in [1.82, 2.24) is 0 Å². The lowest BCUT2D eigenvalue weighted by Gasteiger charge is -2.13. The SMILES string of the molecule is CSc1ccc(NC(CO)C(N)=O)cc1.Cl. The lowest BCUT2D eigenvalue weighted by molar-refractivity contribution is -0.119. The third-order valence-corrected chi connectivity index (χ3v) is 2.70. The van der Waals surface area contributed by atoms with Gasteiger partial charge in [0.05, 0.1) is 6.61 Å². The van der Waals surface area contributed by atoms with E-state index in [-0.39, 0.29) is 19.0 Å². The van der Waals surface area contributed by atoms with Crippen LogP contribution in [0.15, 0.2) is 29.2 Å². The van der Waals surface area contributed by atoms with Crippen LogP contribution < -0.4 is 11.1 Å². The van der Waals surface area contributed by atoms with Gasteiger partial charge in [0, 0.05) is 10.6 Å².